The zero-order valence-electron chi connectivity index (χ0n) is 10.6. The average molecular weight is 273 g/mol. The average Bonchev–Trinajstić information content (AvgIpc) is 3.02. The summed E-state index contributed by atoms with van der Waals surface area (Å²) in [6, 6.07) is 4.90. The molecule has 8 heteroatoms. The number of nitrogens with zero attached hydrogens (tertiary/aromatic N) is 5. The number of carbonyl (C=O) groups is 1. The molecule has 0 fully saturated rings. The van der Waals surface area contributed by atoms with Gasteiger partial charge in [-0.1, -0.05) is 16.4 Å². The molecule has 0 aliphatic carbocycles. The topological polar surface area (TPSA) is 107 Å². The van der Waals surface area contributed by atoms with Gasteiger partial charge in [0, 0.05) is 13.3 Å². The Labute approximate surface area is 113 Å². The second kappa shape index (κ2) is 4.72. The molecule has 0 spiro atoms. The summed E-state index contributed by atoms with van der Waals surface area (Å²) in [4.78, 5) is 15.3. The molecule has 0 saturated heterocycles. The fourth-order valence-electron chi connectivity index (χ4n) is 2.01. The van der Waals surface area contributed by atoms with Gasteiger partial charge in [-0.2, -0.15) is 4.98 Å². The van der Waals surface area contributed by atoms with Crippen LogP contribution in [0.25, 0.3) is 11.0 Å². The molecule has 0 aliphatic heterocycles. The van der Waals surface area contributed by atoms with Crippen molar-refractivity contribution in [1.29, 1.82) is 0 Å². The number of hydrogen-bond acceptors (Lipinski definition) is 6. The molecular formula is C12H11N5O3. The second-order valence-electron chi connectivity index (χ2n) is 4.27. The lowest BCUT2D eigenvalue weighted by atomic mass is 10.2. The minimum atomic E-state index is -1.01. The van der Waals surface area contributed by atoms with Crippen molar-refractivity contribution in [2.24, 2.45) is 0 Å². The molecule has 2 heterocycles. The minimum absolute atomic E-state index is 0.178. The molecule has 20 heavy (non-hydrogen) atoms. The van der Waals surface area contributed by atoms with E-state index >= 15 is 0 Å². The van der Waals surface area contributed by atoms with Crippen LogP contribution in [0.4, 0.5) is 0 Å². The molecule has 1 aromatic carbocycles. The molecule has 102 valence electrons. The maximum Gasteiger partial charge on any atom is 0.337 e. The molecule has 0 unspecified atom stereocenters. The van der Waals surface area contributed by atoms with Gasteiger partial charge in [0.15, 0.2) is 5.82 Å². The first-order chi connectivity index (χ1) is 9.65. The Morgan fingerprint density at radius 3 is 3.00 bits per heavy atom. The van der Waals surface area contributed by atoms with Crippen molar-refractivity contribution < 1.29 is 14.4 Å². The van der Waals surface area contributed by atoms with Gasteiger partial charge in [0.1, 0.15) is 11.0 Å². The van der Waals surface area contributed by atoms with Crippen LogP contribution in [0.5, 0.6) is 0 Å². The summed E-state index contributed by atoms with van der Waals surface area (Å²) in [5.41, 5.74) is 1.23. The number of aryl methyl sites for hydroxylation is 3. The van der Waals surface area contributed by atoms with Crippen LogP contribution in [0.2, 0.25) is 0 Å². The van der Waals surface area contributed by atoms with Crippen LogP contribution in [0.1, 0.15) is 22.1 Å². The normalized spacial score (nSPS) is 11.1. The van der Waals surface area contributed by atoms with Gasteiger partial charge in [-0.25, -0.2) is 9.48 Å². The highest BCUT2D eigenvalue weighted by atomic mass is 16.5. The van der Waals surface area contributed by atoms with Crippen LogP contribution in [0, 0.1) is 6.92 Å². The Morgan fingerprint density at radius 2 is 2.30 bits per heavy atom. The number of para-hydroxylation sites is 1. The third-order valence-electron chi connectivity index (χ3n) is 2.88. The molecule has 2 aromatic heterocycles. The zero-order chi connectivity index (χ0) is 14.1. The number of carboxylic acids is 1. The van der Waals surface area contributed by atoms with Crippen LogP contribution in [-0.2, 0) is 13.0 Å². The Hall–Kier alpha value is -2.77. The third-order valence-corrected chi connectivity index (χ3v) is 2.88. The van der Waals surface area contributed by atoms with Crippen molar-refractivity contribution in [3.8, 4) is 0 Å². The van der Waals surface area contributed by atoms with E-state index < -0.39 is 5.97 Å². The second-order valence-corrected chi connectivity index (χ2v) is 4.27. The van der Waals surface area contributed by atoms with Gasteiger partial charge in [0.05, 0.1) is 12.1 Å². The summed E-state index contributed by atoms with van der Waals surface area (Å²) in [6.07, 6.45) is 0.490. The number of aromatic carboxylic acids is 1. The number of rotatable bonds is 4. The molecule has 3 aromatic rings. The summed E-state index contributed by atoms with van der Waals surface area (Å²) in [5, 5.41) is 20.9. The molecule has 0 radical (unpaired) electrons. The van der Waals surface area contributed by atoms with Crippen LogP contribution in [0.15, 0.2) is 22.7 Å². The third kappa shape index (κ3) is 2.11. The number of benzene rings is 1. The Balaban J connectivity index is 1.93. The lowest BCUT2D eigenvalue weighted by molar-refractivity contribution is 0.0698. The molecule has 0 saturated carbocycles. The monoisotopic (exact) mass is 273 g/mol. The fourth-order valence-corrected chi connectivity index (χ4v) is 2.01. The standard InChI is InChI=1S/C12H11N5O3/c1-7-13-10(15-20-7)5-6-17-11-8(12(18)19)3-2-4-9(11)14-16-17/h2-4H,5-6H2,1H3,(H,18,19). The largest absolute Gasteiger partial charge is 0.478 e. The lowest BCUT2D eigenvalue weighted by Gasteiger charge is -2.02. The predicted molar refractivity (Wildman–Crippen MR) is 67.2 cm³/mol. The van der Waals surface area contributed by atoms with Crippen molar-refractivity contribution in [3.05, 3.63) is 35.5 Å². The van der Waals surface area contributed by atoms with E-state index in [4.69, 9.17) is 4.52 Å². The quantitative estimate of drug-likeness (QED) is 0.757. The number of hydrogen-bond donors (Lipinski definition) is 1. The van der Waals surface area contributed by atoms with Gasteiger partial charge in [-0.05, 0) is 12.1 Å². The molecule has 0 bridgehead atoms. The van der Waals surface area contributed by atoms with E-state index in [0.717, 1.165) is 0 Å². The van der Waals surface area contributed by atoms with E-state index in [0.29, 0.717) is 35.7 Å². The summed E-state index contributed by atoms with van der Waals surface area (Å²) < 4.78 is 6.43. The van der Waals surface area contributed by atoms with Crippen LogP contribution >= 0.6 is 0 Å². The SMILES string of the molecule is Cc1nc(CCn2nnc3cccc(C(=O)O)c32)no1. The van der Waals surface area contributed by atoms with Crippen molar-refractivity contribution in [1.82, 2.24) is 25.1 Å². The van der Waals surface area contributed by atoms with Gasteiger partial charge >= 0.3 is 5.97 Å². The van der Waals surface area contributed by atoms with Crippen molar-refractivity contribution in [3.63, 3.8) is 0 Å². The van der Waals surface area contributed by atoms with Gasteiger partial charge in [0.2, 0.25) is 5.89 Å². The van der Waals surface area contributed by atoms with Crippen molar-refractivity contribution >= 4 is 17.0 Å². The van der Waals surface area contributed by atoms with E-state index in [1.807, 2.05) is 0 Å². The van der Waals surface area contributed by atoms with Gasteiger partial charge < -0.3 is 9.63 Å². The van der Waals surface area contributed by atoms with E-state index in [1.165, 1.54) is 6.07 Å². The first kappa shape index (κ1) is 12.3. The minimum Gasteiger partial charge on any atom is -0.478 e. The smallest absolute Gasteiger partial charge is 0.337 e. The molecule has 8 nitrogen and oxygen atoms in total. The highest BCUT2D eigenvalue weighted by Gasteiger charge is 2.15. The Bertz CT molecular complexity index is 776. The maximum absolute atomic E-state index is 11.2. The lowest BCUT2D eigenvalue weighted by Crippen LogP contribution is -2.08. The molecular weight excluding hydrogens is 262 g/mol. The molecule has 1 N–H and O–H groups in total. The van der Waals surface area contributed by atoms with Crippen LogP contribution in [0.3, 0.4) is 0 Å². The highest BCUT2D eigenvalue weighted by Crippen LogP contribution is 2.17. The van der Waals surface area contributed by atoms with E-state index in [9.17, 15) is 9.90 Å². The van der Waals surface area contributed by atoms with Crippen LogP contribution in [-0.4, -0.2) is 36.2 Å². The zero-order valence-corrected chi connectivity index (χ0v) is 10.6. The predicted octanol–water partition coefficient (Wildman–Crippen LogP) is 1.06. The fraction of sp³-hybridized carbons (Fsp3) is 0.250. The molecule has 0 atom stereocenters. The van der Waals surface area contributed by atoms with E-state index in [-0.39, 0.29) is 5.56 Å². The maximum atomic E-state index is 11.2. The van der Waals surface area contributed by atoms with Crippen molar-refractivity contribution in [2.75, 3.05) is 0 Å². The first-order valence-electron chi connectivity index (χ1n) is 6.00. The number of carboxylic acid groups (broad SMARTS) is 1. The van der Waals surface area contributed by atoms with E-state index in [1.54, 1.807) is 23.7 Å². The van der Waals surface area contributed by atoms with E-state index in [2.05, 4.69) is 20.5 Å². The van der Waals surface area contributed by atoms with Gasteiger partial charge in [-0.3, -0.25) is 0 Å². The summed E-state index contributed by atoms with van der Waals surface area (Å²) in [6.45, 7) is 2.14. The Morgan fingerprint density at radius 1 is 1.45 bits per heavy atom. The molecule has 0 aliphatic rings. The van der Waals surface area contributed by atoms with Crippen LogP contribution < -0.4 is 0 Å². The first-order valence-corrected chi connectivity index (χ1v) is 6.00. The Kier molecular flexibility index (Phi) is 2.90. The molecule has 0 amide bonds. The summed E-state index contributed by atoms with van der Waals surface area (Å²) >= 11 is 0. The summed E-state index contributed by atoms with van der Waals surface area (Å²) in [7, 11) is 0. The summed E-state index contributed by atoms with van der Waals surface area (Å²) in [5.74, 6) is 0.0446. The van der Waals surface area contributed by atoms with Crippen molar-refractivity contribution in [2.45, 2.75) is 19.9 Å². The van der Waals surface area contributed by atoms with Gasteiger partial charge in [0.25, 0.3) is 0 Å². The number of fused-ring (bicyclic) bond motifs is 1. The number of aromatic nitrogens is 5. The highest BCUT2D eigenvalue weighted by molar-refractivity contribution is 6.00. The van der Waals surface area contributed by atoms with Gasteiger partial charge in [-0.15, -0.1) is 5.10 Å². The molecule has 3 rings (SSSR count).